The maximum Gasteiger partial charge on any atom is 0.407 e. The van der Waals surface area contributed by atoms with Crippen molar-refractivity contribution < 1.29 is 9.90 Å². The van der Waals surface area contributed by atoms with E-state index in [0.717, 1.165) is 12.8 Å². The zero-order valence-electron chi connectivity index (χ0n) is 8.75. The minimum atomic E-state index is -0.794. The summed E-state index contributed by atoms with van der Waals surface area (Å²) >= 11 is 0. The Balaban J connectivity index is 3.33. The van der Waals surface area contributed by atoms with Gasteiger partial charge in [0.15, 0.2) is 0 Å². The highest BCUT2D eigenvalue weighted by atomic mass is 16.4. The van der Waals surface area contributed by atoms with E-state index in [0.29, 0.717) is 13.1 Å². The summed E-state index contributed by atoms with van der Waals surface area (Å²) in [6.45, 7) is 5.34. The Bertz CT molecular complexity index is 137. The van der Waals surface area contributed by atoms with E-state index in [4.69, 9.17) is 5.11 Å². The SMILES string of the molecule is CCCCCCCN(CC)C(=O)O. The maximum absolute atomic E-state index is 10.6. The first-order chi connectivity index (χ1) is 6.22. The molecule has 0 atom stereocenters. The summed E-state index contributed by atoms with van der Waals surface area (Å²) in [6.07, 6.45) is 5.08. The third-order valence-corrected chi connectivity index (χ3v) is 2.18. The molecule has 0 aromatic carbocycles. The molecule has 0 unspecified atom stereocenters. The molecular weight excluding hydrogens is 166 g/mol. The van der Waals surface area contributed by atoms with Crippen LogP contribution in [0.25, 0.3) is 0 Å². The molecule has 0 radical (unpaired) electrons. The van der Waals surface area contributed by atoms with Crippen LogP contribution in [0.15, 0.2) is 0 Å². The van der Waals surface area contributed by atoms with Crippen LogP contribution in [0.1, 0.15) is 46.0 Å². The van der Waals surface area contributed by atoms with Crippen LogP contribution in [0, 0.1) is 0 Å². The van der Waals surface area contributed by atoms with Crippen molar-refractivity contribution in [3.05, 3.63) is 0 Å². The zero-order chi connectivity index (χ0) is 10.1. The van der Waals surface area contributed by atoms with Crippen LogP contribution in [0.3, 0.4) is 0 Å². The summed E-state index contributed by atoms with van der Waals surface area (Å²) in [5, 5.41) is 8.70. The average Bonchev–Trinajstić information content (AvgIpc) is 2.10. The molecule has 0 spiro atoms. The van der Waals surface area contributed by atoms with Gasteiger partial charge in [-0.2, -0.15) is 0 Å². The minimum Gasteiger partial charge on any atom is -0.465 e. The van der Waals surface area contributed by atoms with Crippen LogP contribution in [0.5, 0.6) is 0 Å². The van der Waals surface area contributed by atoms with Crippen LogP contribution < -0.4 is 0 Å². The Labute approximate surface area is 80.7 Å². The van der Waals surface area contributed by atoms with E-state index >= 15 is 0 Å². The summed E-state index contributed by atoms with van der Waals surface area (Å²) in [5.41, 5.74) is 0. The number of carbonyl (C=O) groups is 1. The smallest absolute Gasteiger partial charge is 0.407 e. The molecule has 0 aromatic heterocycles. The molecule has 0 aromatic rings. The van der Waals surface area contributed by atoms with Crippen molar-refractivity contribution in [3.63, 3.8) is 0 Å². The third-order valence-electron chi connectivity index (χ3n) is 2.18. The Morgan fingerprint density at radius 3 is 2.23 bits per heavy atom. The number of rotatable bonds is 7. The van der Waals surface area contributed by atoms with Crippen molar-refractivity contribution in [1.82, 2.24) is 4.90 Å². The molecule has 0 heterocycles. The molecule has 13 heavy (non-hydrogen) atoms. The van der Waals surface area contributed by atoms with Crippen LogP contribution in [-0.2, 0) is 0 Å². The average molecular weight is 187 g/mol. The molecule has 0 bridgehead atoms. The van der Waals surface area contributed by atoms with Crippen LogP contribution in [-0.4, -0.2) is 29.2 Å². The lowest BCUT2D eigenvalue weighted by molar-refractivity contribution is 0.147. The maximum atomic E-state index is 10.6. The Morgan fingerprint density at radius 2 is 1.77 bits per heavy atom. The number of hydrogen-bond acceptors (Lipinski definition) is 1. The quantitative estimate of drug-likeness (QED) is 0.622. The van der Waals surface area contributed by atoms with E-state index in [9.17, 15) is 4.79 Å². The van der Waals surface area contributed by atoms with E-state index in [1.165, 1.54) is 24.2 Å². The monoisotopic (exact) mass is 187 g/mol. The van der Waals surface area contributed by atoms with E-state index in [1.54, 1.807) is 0 Å². The first-order valence-electron chi connectivity index (χ1n) is 5.20. The van der Waals surface area contributed by atoms with Gasteiger partial charge >= 0.3 is 6.09 Å². The minimum absolute atomic E-state index is 0.600. The molecule has 1 N–H and O–H groups in total. The van der Waals surface area contributed by atoms with Crippen molar-refractivity contribution in [2.75, 3.05) is 13.1 Å². The summed E-state index contributed by atoms with van der Waals surface area (Å²) in [4.78, 5) is 12.0. The Morgan fingerprint density at radius 1 is 1.15 bits per heavy atom. The van der Waals surface area contributed by atoms with Crippen molar-refractivity contribution in [3.8, 4) is 0 Å². The van der Waals surface area contributed by atoms with Gasteiger partial charge in [0.25, 0.3) is 0 Å². The lowest BCUT2D eigenvalue weighted by Crippen LogP contribution is -2.29. The molecule has 3 heteroatoms. The van der Waals surface area contributed by atoms with Crippen molar-refractivity contribution in [2.45, 2.75) is 46.0 Å². The molecular formula is C10H21NO2. The van der Waals surface area contributed by atoms with Gasteiger partial charge in [0, 0.05) is 13.1 Å². The molecule has 0 saturated heterocycles. The highest BCUT2D eigenvalue weighted by Crippen LogP contribution is 2.03. The summed E-state index contributed by atoms with van der Waals surface area (Å²) in [5.74, 6) is 0. The molecule has 0 aliphatic rings. The van der Waals surface area contributed by atoms with Gasteiger partial charge in [-0.05, 0) is 13.3 Å². The molecule has 0 fully saturated rings. The fourth-order valence-corrected chi connectivity index (χ4v) is 1.30. The lowest BCUT2D eigenvalue weighted by Gasteiger charge is -2.16. The van der Waals surface area contributed by atoms with E-state index in [2.05, 4.69) is 6.92 Å². The second-order valence-corrected chi connectivity index (χ2v) is 3.28. The van der Waals surface area contributed by atoms with Gasteiger partial charge in [0.2, 0.25) is 0 Å². The summed E-state index contributed by atoms with van der Waals surface area (Å²) in [6, 6.07) is 0. The van der Waals surface area contributed by atoms with Gasteiger partial charge in [-0.1, -0.05) is 32.6 Å². The summed E-state index contributed by atoms with van der Waals surface area (Å²) < 4.78 is 0. The van der Waals surface area contributed by atoms with Crippen LogP contribution >= 0.6 is 0 Å². The molecule has 0 aliphatic heterocycles. The third kappa shape index (κ3) is 6.43. The predicted molar refractivity (Wildman–Crippen MR) is 54.0 cm³/mol. The van der Waals surface area contributed by atoms with Gasteiger partial charge in [0.05, 0.1) is 0 Å². The van der Waals surface area contributed by atoms with E-state index in [1.807, 2.05) is 6.92 Å². The fourth-order valence-electron chi connectivity index (χ4n) is 1.30. The van der Waals surface area contributed by atoms with Gasteiger partial charge in [-0.3, -0.25) is 0 Å². The van der Waals surface area contributed by atoms with E-state index in [-0.39, 0.29) is 0 Å². The molecule has 78 valence electrons. The fraction of sp³-hybridized carbons (Fsp3) is 0.900. The normalized spacial score (nSPS) is 10.0. The van der Waals surface area contributed by atoms with Gasteiger partial charge in [-0.15, -0.1) is 0 Å². The second-order valence-electron chi connectivity index (χ2n) is 3.28. The Hall–Kier alpha value is -0.730. The number of unbranched alkanes of at least 4 members (excludes halogenated alkanes) is 4. The van der Waals surface area contributed by atoms with Gasteiger partial charge in [-0.25, -0.2) is 4.79 Å². The predicted octanol–water partition coefficient (Wildman–Crippen LogP) is 2.96. The summed E-state index contributed by atoms with van der Waals surface area (Å²) in [7, 11) is 0. The molecule has 0 aliphatic carbocycles. The first-order valence-corrected chi connectivity index (χ1v) is 5.20. The highest BCUT2D eigenvalue weighted by molar-refractivity contribution is 5.64. The zero-order valence-corrected chi connectivity index (χ0v) is 8.75. The Kier molecular flexibility index (Phi) is 7.45. The molecule has 3 nitrogen and oxygen atoms in total. The van der Waals surface area contributed by atoms with Gasteiger partial charge in [0.1, 0.15) is 0 Å². The van der Waals surface area contributed by atoms with E-state index < -0.39 is 6.09 Å². The van der Waals surface area contributed by atoms with Gasteiger partial charge < -0.3 is 10.0 Å². The number of nitrogens with zero attached hydrogens (tertiary/aromatic N) is 1. The highest BCUT2D eigenvalue weighted by Gasteiger charge is 2.06. The standard InChI is InChI=1S/C10H21NO2/c1-3-5-6-7-8-9-11(4-2)10(12)13/h3-9H2,1-2H3,(H,12,13). The number of carboxylic acid groups (broad SMARTS) is 1. The molecule has 0 saturated carbocycles. The van der Waals surface area contributed by atoms with Crippen molar-refractivity contribution in [1.29, 1.82) is 0 Å². The largest absolute Gasteiger partial charge is 0.465 e. The first kappa shape index (κ1) is 12.3. The molecule has 1 amide bonds. The second kappa shape index (κ2) is 7.90. The van der Waals surface area contributed by atoms with Crippen LogP contribution in [0.4, 0.5) is 4.79 Å². The lowest BCUT2D eigenvalue weighted by atomic mass is 10.1. The topological polar surface area (TPSA) is 40.5 Å². The van der Waals surface area contributed by atoms with Crippen molar-refractivity contribution >= 4 is 6.09 Å². The van der Waals surface area contributed by atoms with Crippen LogP contribution in [0.2, 0.25) is 0 Å². The molecule has 0 rings (SSSR count). The number of hydrogen-bond donors (Lipinski definition) is 1. The van der Waals surface area contributed by atoms with Crippen molar-refractivity contribution in [2.24, 2.45) is 0 Å². The number of amides is 1.